The maximum absolute atomic E-state index is 13.7. The summed E-state index contributed by atoms with van der Waals surface area (Å²) in [6.07, 6.45) is -3.87. The van der Waals surface area contributed by atoms with Crippen LogP contribution in [0.3, 0.4) is 0 Å². The number of amides is 2. The summed E-state index contributed by atoms with van der Waals surface area (Å²) in [5, 5.41) is 33.7. The lowest BCUT2D eigenvalue weighted by Crippen LogP contribution is -2.58. The van der Waals surface area contributed by atoms with Gasteiger partial charge in [0, 0.05) is 29.6 Å². The number of nitrogens with one attached hydrogen (secondary N) is 1. The zero-order valence-electron chi connectivity index (χ0n) is 21.2. The van der Waals surface area contributed by atoms with Gasteiger partial charge in [0.25, 0.3) is 5.69 Å². The van der Waals surface area contributed by atoms with Gasteiger partial charge >= 0.3 is 12.2 Å². The summed E-state index contributed by atoms with van der Waals surface area (Å²) in [6.45, 7) is 1.31. The first-order valence-electron chi connectivity index (χ1n) is 11.6. The van der Waals surface area contributed by atoms with E-state index in [2.05, 4.69) is 5.32 Å². The second kappa shape index (κ2) is 10.1. The average molecular weight is 582 g/mol. The number of nitro groups is 1. The number of halogens is 3. The van der Waals surface area contributed by atoms with Gasteiger partial charge in [0.15, 0.2) is 9.84 Å². The normalized spacial score (nSPS) is 17.4. The zero-order chi connectivity index (χ0) is 30.3. The number of rotatable bonds is 5. The Bertz CT molecular complexity index is 1820. The first-order chi connectivity index (χ1) is 19.1. The van der Waals surface area contributed by atoms with Crippen LogP contribution in [0.2, 0.25) is 0 Å². The number of allylic oxidation sites excluding steroid dienone is 1. The summed E-state index contributed by atoms with van der Waals surface area (Å²) in [5.41, 5.74) is -4.23. The van der Waals surface area contributed by atoms with Crippen molar-refractivity contribution in [2.24, 2.45) is 0 Å². The van der Waals surface area contributed by atoms with Crippen molar-refractivity contribution in [2.75, 3.05) is 11.2 Å². The Labute approximate surface area is 231 Å². The van der Waals surface area contributed by atoms with E-state index in [0.29, 0.717) is 0 Å². The number of urea groups is 1. The second-order valence-electron chi connectivity index (χ2n) is 9.03. The molecule has 4 rings (SSSR count). The van der Waals surface area contributed by atoms with Crippen LogP contribution in [0.25, 0.3) is 0 Å². The summed E-state index contributed by atoms with van der Waals surface area (Å²) in [7, 11) is -4.12. The van der Waals surface area contributed by atoms with Crippen LogP contribution in [-0.2, 0) is 21.6 Å². The third-order valence-electron chi connectivity index (χ3n) is 6.54. The van der Waals surface area contributed by atoms with Crippen LogP contribution in [0.5, 0.6) is 0 Å². The number of carbonyl (C=O) groups excluding carboxylic acids is 1. The Balaban J connectivity index is 2.11. The van der Waals surface area contributed by atoms with Crippen LogP contribution in [0.1, 0.15) is 29.2 Å². The summed E-state index contributed by atoms with van der Waals surface area (Å²) in [4.78, 5) is 24.8. The van der Waals surface area contributed by atoms with Gasteiger partial charge in [-0.15, -0.1) is 0 Å². The van der Waals surface area contributed by atoms with Crippen molar-refractivity contribution in [1.82, 2.24) is 5.32 Å². The van der Waals surface area contributed by atoms with Gasteiger partial charge in [0.2, 0.25) is 0 Å². The highest BCUT2D eigenvalue weighted by molar-refractivity contribution is 7.90. The summed E-state index contributed by atoms with van der Waals surface area (Å²) >= 11 is 0. The molecule has 0 unspecified atom stereocenters. The topological polar surface area (TPSA) is 157 Å². The van der Waals surface area contributed by atoms with Crippen molar-refractivity contribution in [2.45, 2.75) is 23.5 Å². The van der Waals surface area contributed by atoms with Gasteiger partial charge in [0.1, 0.15) is 5.54 Å². The first-order valence-corrected chi connectivity index (χ1v) is 13.4. The van der Waals surface area contributed by atoms with Crippen molar-refractivity contribution >= 4 is 27.2 Å². The largest absolute Gasteiger partial charge is 0.416 e. The number of nitrogens with zero attached hydrogens (tertiary/aromatic N) is 4. The molecule has 0 bridgehead atoms. The highest BCUT2D eigenvalue weighted by Crippen LogP contribution is 2.45. The molecule has 208 valence electrons. The summed E-state index contributed by atoms with van der Waals surface area (Å²) < 4.78 is 66.2. The molecule has 1 aliphatic heterocycles. The standard InChI is InChI=1S/C27H18F3N5O5S/c1-16-23(15-32)26(18-7-9-20(10-8-18)35(37)38,22-11-6-17(14-31)12-24(22)41(2,39)40)33-25(36)34(16)21-5-3-4-19(13-21)27(28,29)30/h3-13H,1-2H3,(H,33,36)/t26-/m1/s1. The van der Waals surface area contributed by atoms with E-state index in [-0.39, 0.29) is 39.3 Å². The quantitative estimate of drug-likeness (QED) is 0.322. The number of alkyl halides is 3. The number of nitriles is 2. The monoisotopic (exact) mass is 581 g/mol. The molecule has 0 saturated heterocycles. The number of sulfone groups is 1. The molecule has 14 heteroatoms. The third kappa shape index (κ3) is 4.97. The second-order valence-corrected chi connectivity index (χ2v) is 11.0. The molecular formula is C27H18F3N5O5S. The van der Waals surface area contributed by atoms with Crippen molar-refractivity contribution < 1.29 is 31.3 Å². The number of nitro benzene ring substituents is 1. The molecule has 0 saturated carbocycles. The van der Waals surface area contributed by atoms with Crippen LogP contribution < -0.4 is 10.2 Å². The van der Waals surface area contributed by atoms with Gasteiger partial charge < -0.3 is 5.32 Å². The predicted molar refractivity (Wildman–Crippen MR) is 139 cm³/mol. The minimum atomic E-state index is -4.73. The lowest BCUT2D eigenvalue weighted by Gasteiger charge is -2.44. The minimum Gasteiger partial charge on any atom is -0.319 e. The van der Waals surface area contributed by atoms with E-state index in [1.807, 2.05) is 12.1 Å². The van der Waals surface area contributed by atoms with Crippen molar-refractivity contribution in [1.29, 1.82) is 10.5 Å². The Morgan fingerprint density at radius 1 is 1.02 bits per heavy atom. The van der Waals surface area contributed by atoms with Crippen LogP contribution in [-0.4, -0.2) is 25.6 Å². The van der Waals surface area contributed by atoms with Gasteiger partial charge in [-0.05, 0) is 55.0 Å². The van der Waals surface area contributed by atoms with E-state index >= 15 is 0 Å². The van der Waals surface area contributed by atoms with Crippen molar-refractivity contribution in [3.63, 3.8) is 0 Å². The lowest BCUT2D eigenvalue weighted by molar-refractivity contribution is -0.384. The molecule has 1 heterocycles. The van der Waals surface area contributed by atoms with E-state index in [1.54, 1.807) is 0 Å². The fourth-order valence-electron chi connectivity index (χ4n) is 4.73. The van der Waals surface area contributed by atoms with Crippen molar-refractivity contribution in [3.05, 3.63) is 110 Å². The molecular weight excluding hydrogens is 563 g/mol. The molecule has 1 aliphatic rings. The molecule has 41 heavy (non-hydrogen) atoms. The molecule has 1 atom stereocenters. The highest BCUT2D eigenvalue weighted by atomic mass is 32.2. The molecule has 3 aromatic rings. The molecule has 2 amide bonds. The zero-order valence-corrected chi connectivity index (χ0v) is 22.0. The van der Waals surface area contributed by atoms with Crippen LogP contribution in [0, 0.1) is 32.8 Å². The molecule has 3 aromatic carbocycles. The smallest absolute Gasteiger partial charge is 0.319 e. The third-order valence-corrected chi connectivity index (χ3v) is 7.68. The number of hydrogen-bond donors (Lipinski definition) is 1. The summed E-state index contributed by atoms with van der Waals surface area (Å²) in [5.74, 6) is 0. The van der Waals surface area contributed by atoms with E-state index in [4.69, 9.17) is 0 Å². The number of anilines is 1. The van der Waals surface area contributed by atoms with E-state index in [0.717, 1.165) is 47.6 Å². The number of hydrogen-bond acceptors (Lipinski definition) is 7. The minimum absolute atomic E-state index is 0.0417. The van der Waals surface area contributed by atoms with E-state index in [1.165, 1.54) is 37.3 Å². The van der Waals surface area contributed by atoms with Crippen molar-refractivity contribution in [3.8, 4) is 12.1 Å². The number of non-ortho nitro benzene ring substituents is 1. The highest BCUT2D eigenvalue weighted by Gasteiger charge is 2.49. The van der Waals surface area contributed by atoms with Gasteiger partial charge in [0.05, 0.1) is 44.3 Å². The van der Waals surface area contributed by atoms with Crippen LogP contribution in [0.15, 0.2) is 82.9 Å². The molecule has 0 aliphatic carbocycles. The van der Waals surface area contributed by atoms with Crippen LogP contribution in [0.4, 0.5) is 29.3 Å². The Morgan fingerprint density at radius 3 is 2.22 bits per heavy atom. The first kappa shape index (κ1) is 28.8. The molecule has 0 radical (unpaired) electrons. The van der Waals surface area contributed by atoms with E-state index < -0.39 is 43.0 Å². The fraction of sp³-hybridized carbons (Fsp3) is 0.148. The molecule has 0 spiro atoms. The number of benzene rings is 3. The predicted octanol–water partition coefficient (Wildman–Crippen LogP) is 5.16. The summed E-state index contributed by atoms with van der Waals surface area (Å²) in [6, 6.07) is 14.8. The SMILES string of the molecule is CC1=C(C#N)[C@@](c2ccc([N+](=O)[O-])cc2)(c2ccc(C#N)cc2S(C)(=O)=O)NC(=O)N1c1cccc(C(F)(F)F)c1. The Hall–Kier alpha value is -5.21. The van der Waals surface area contributed by atoms with Gasteiger partial charge in [-0.1, -0.05) is 12.1 Å². The fourth-order valence-corrected chi connectivity index (χ4v) is 5.69. The van der Waals surface area contributed by atoms with Crippen LogP contribution >= 0.6 is 0 Å². The molecule has 0 aromatic heterocycles. The van der Waals surface area contributed by atoms with Gasteiger partial charge in [-0.25, -0.2) is 13.2 Å². The lowest BCUT2D eigenvalue weighted by atomic mass is 9.74. The van der Waals surface area contributed by atoms with Gasteiger partial charge in [-0.3, -0.25) is 15.0 Å². The molecule has 1 N–H and O–H groups in total. The molecule has 10 nitrogen and oxygen atoms in total. The maximum atomic E-state index is 13.7. The maximum Gasteiger partial charge on any atom is 0.416 e. The number of carbonyl (C=O) groups is 1. The van der Waals surface area contributed by atoms with E-state index in [9.17, 15) is 47.0 Å². The average Bonchev–Trinajstić information content (AvgIpc) is 2.91. The molecule has 0 fully saturated rings. The van der Waals surface area contributed by atoms with Gasteiger partial charge in [-0.2, -0.15) is 23.7 Å². The Morgan fingerprint density at radius 2 is 1.68 bits per heavy atom. The Kier molecular flexibility index (Phi) is 7.07.